The van der Waals surface area contributed by atoms with Crippen LogP contribution in [0.1, 0.15) is 5.56 Å². The van der Waals surface area contributed by atoms with Crippen molar-refractivity contribution in [3.05, 3.63) is 46.2 Å². The van der Waals surface area contributed by atoms with E-state index in [-0.39, 0.29) is 0 Å². The fourth-order valence-electron chi connectivity index (χ4n) is 1.82. The Morgan fingerprint density at radius 2 is 1.90 bits per heavy atom. The van der Waals surface area contributed by atoms with Crippen molar-refractivity contribution in [1.82, 2.24) is 4.98 Å². The maximum absolute atomic E-state index is 6.13. The number of halogens is 2. The Morgan fingerprint density at radius 1 is 1.10 bits per heavy atom. The van der Waals surface area contributed by atoms with Crippen LogP contribution in [0.3, 0.4) is 0 Å². The maximum Gasteiger partial charge on any atom is 0.162 e. The summed E-state index contributed by atoms with van der Waals surface area (Å²) in [5, 5.41) is 1.04. The highest BCUT2D eigenvalue weighted by Crippen LogP contribution is 2.35. The van der Waals surface area contributed by atoms with Crippen LogP contribution >= 0.6 is 35.0 Å². The lowest BCUT2D eigenvalue weighted by Crippen LogP contribution is -2.15. The van der Waals surface area contributed by atoms with E-state index in [0.717, 1.165) is 27.7 Å². The molecule has 0 aliphatic carbocycles. The molecule has 3 rings (SSSR count). The molecule has 0 fully saturated rings. The predicted octanol–water partition coefficient (Wildman–Crippen LogP) is 4.45. The summed E-state index contributed by atoms with van der Waals surface area (Å²) in [4.78, 5) is 5.14. The first kappa shape index (κ1) is 13.9. The minimum Gasteiger partial charge on any atom is -0.486 e. The second kappa shape index (κ2) is 6.12. The van der Waals surface area contributed by atoms with E-state index in [1.54, 1.807) is 24.0 Å². The van der Waals surface area contributed by atoms with E-state index in [1.165, 1.54) is 0 Å². The molecule has 1 aliphatic rings. The highest BCUT2D eigenvalue weighted by Gasteiger charge is 2.12. The smallest absolute Gasteiger partial charge is 0.162 e. The van der Waals surface area contributed by atoms with Crippen LogP contribution < -0.4 is 9.47 Å². The molecule has 0 radical (unpaired) electrons. The van der Waals surface area contributed by atoms with E-state index in [9.17, 15) is 0 Å². The summed E-state index contributed by atoms with van der Waals surface area (Å²) in [5.41, 5.74) is 0.955. The molecule has 0 atom stereocenters. The largest absolute Gasteiger partial charge is 0.486 e. The van der Waals surface area contributed by atoms with Crippen molar-refractivity contribution >= 4 is 35.0 Å². The third-order valence-electron chi connectivity index (χ3n) is 2.80. The van der Waals surface area contributed by atoms with Crippen molar-refractivity contribution in [2.45, 2.75) is 10.6 Å². The molecule has 1 aromatic carbocycles. The van der Waals surface area contributed by atoms with Gasteiger partial charge in [0.15, 0.2) is 11.5 Å². The standard InChI is InChI=1S/C14H11Cl2NO2S/c15-11-6-14(16)17-7-9(11)8-20-10-1-2-12-13(5-10)19-4-3-18-12/h1-2,5-7H,3-4,8H2. The van der Waals surface area contributed by atoms with Gasteiger partial charge in [0.1, 0.15) is 18.4 Å². The van der Waals surface area contributed by atoms with Crippen LogP contribution in [0.15, 0.2) is 35.4 Å². The molecular weight excluding hydrogens is 317 g/mol. The van der Waals surface area contributed by atoms with E-state index in [0.29, 0.717) is 23.4 Å². The monoisotopic (exact) mass is 327 g/mol. The fourth-order valence-corrected chi connectivity index (χ4v) is 3.24. The first-order valence-electron chi connectivity index (χ1n) is 6.05. The number of fused-ring (bicyclic) bond motifs is 1. The first-order valence-corrected chi connectivity index (χ1v) is 7.79. The molecule has 0 amide bonds. The number of benzene rings is 1. The molecular formula is C14H11Cl2NO2S. The van der Waals surface area contributed by atoms with E-state index in [1.807, 2.05) is 18.2 Å². The van der Waals surface area contributed by atoms with Crippen molar-refractivity contribution in [2.24, 2.45) is 0 Å². The van der Waals surface area contributed by atoms with Crippen molar-refractivity contribution in [3.8, 4) is 11.5 Å². The number of hydrogen-bond acceptors (Lipinski definition) is 4. The Kier molecular flexibility index (Phi) is 4.24. The second-order valence-corrected chi connectivity index (χ2v) is 6.04. The van der Waals surface area contributed by atoms with Gasteiger partial charge in [0.05, 0.1) is 0 Å². The molecule has 2 aromatic rings. The predicted molar refractivity (Wildman–Crippen MR) is 81.3 cm³/mol. The van der Waals surface area contributed by atoms with E-state index < -0.39 is 0 Å². The molecule has 1 aromatic heterocycles. The zero-order valence-electron chi connectivity index (χ0n) is 10.4. The topological polar surface area (TPSA) is 31.4 Å². The molecule has 0 bridgehead atoms. The Morgan fingerprint density at radius 3 is 2.70 bits per heavy atom. The number of hydrogen-bond donors (Lipinski definition) is 0. The van der Waals surface area contributed by atoms with Gasteiger partial charge in [-0.25, -0.2) is 4.98 Å². The normalized spacial score (nSPS) is 13.3. The molecule has 2 heterocycles. The zero-order valence-corrected chi connectivity index (χ0v) is 12.8. The Balaban J connectivity index is 1.72. The van der Waals surface area contributed by atoms with Gasteiger partial charge in [0.2, 0.25) is 0 Å². The van der Waals surface area contributed by atoms with Crippen molar-refractivity contribution < 1.29 is 9.47 Å². The minimum absolute atomic E-state index is 0.406. The molecule has 0 N–H and O–H groups in total. The molecule has 0 saturated carbocycles. The lowest BCUT2D eigenvalue weighted by molar-refractivity contribution is 0.171. The third-order valence-corrected chi connectivity index (χ3v) is 4.41. The van der Waals surface area contributed by atoms with Crippen LogP contribution in [0.2, 0.25) is 10.2 Å². The lowest BCUT2D eigenvalue weighted by Gasteiger charge is -2.18. The average molecular weight is 328 g/mol. The summed E-state index contributed by atoms with van der Waals surface area (Å²) in [6.45, 7) is 1.19. The summed E-state index contributed by atoms with van der Waals surface area (Å²) in [7, 11) is 0. The van der Waals surface area contributed by atoms with Gasteiger partial charge in [0.25, 0.3) is 0 Å². The number of rotatable bonds is 3. The van der Waals surface area contributed by atoms with Crippen LogP contribution in [-0.4, -0.2) is 18.2 Å². The fraction of sp³-hybridized carbons (Fsp3) is 0.214. The molecule has 0 unspecified atom stereocenters. The van der Waals surface area contributed by atoms with Gasteiger partial charge in [0, 0.05) is 21.9 Å². The van der Waals surface area contributed by atoms with Gasteiger partial charge in [-0.3, -0.25) is 0 Å². The van der Waals surface area contributed by atoms with Gasteiger partial charge < -0.3 is 9.47 Å². The average Bonchev–Trinajstić information content (AvgIpc) is 2.46. The van der Waals surface area contributed by atoms with Gasteiger partial charge in [-0.15, -0.1) is 11.8 Å². The van der Waals surface area contributed by atoms with E-state index in [2.05, 4.69) is 4.98 Å². The van der Waals surface area contributed by atoms with Gasteiger partial charge in [-0.1, -0.05) is 23.2 Å². The van der Waals surface area contributed by atoms with Crippen LogP contribution in [0, 0.1) is 0 Å². The van der Waals surface area contributed by atoms with Crippen LogP contribution in [-0.2, 0) is 5.75 Å². The Hall–Kier alpha value is -1.10. The number of pyridine rings is 1. The molecule has 20 heavy (non-hydrogen) atoms. The van der Waals surface area contributed by atoms with Gasteiger partial charge in [-0.05, 0) is 29.8 Å². The van der Waals surface area contributed by atoms with E-state index >= 15 is 0 Å². The molecule has 1 aliphatic heterocycles. The van der Waals surface area contributed by atoms with Crippen LogP contribution in [0.4, 0.5) is 0 Å². The van der Waals surface area contributed by atoms with Crippen molar-refractivity contribution in [2.75, 3.05) is 13.2 Å². The van der Waals surface area contributed by atoms with Crippen LogP contribution in [0.5, 0.6) is 11.5 Å². The molecule has 6 heteroatoms. The van der Waals surface area contributed by atoms with Crippen molar-refractivity contribution in [3.63, 3.8) is 0 Å². The maximum atomic E-state index is 6.13. The summed E-state index contributed by atoms with van der Waals surface area (Å²) >= 11 is 13.6. The first-order chi connectivity index (χ1) is 9.72. The quantitative estimate of drug-likeness (QED) is 0.615. The SMILES string of the molecule is Clc1cc(Cl)c(CSc2ccc3c(c2)OCCO3)cn1. The molecule has 3 nitrogen and oxygen atoms in total. The van der Waals surface area contributed by atoms with Gasteiger partial charge in [-0.2, -0.15) is 0 Å². The Bertz CT molecular complexity index is 637. The number of thioether (sulfide) groups is 1. The van der Waals surface area contributed by atoms with Crippen LogP contribution in [0.25, 0.3) is 0 Å². The number of ether oxygens (including phenoxy) is 2. The molecule has 0 spiro atoms. The van der Waals surface area contributed by atoms with Gasteiger partial charge >= 0.3 is 0 Å². The number of aromatic nitrogens is 1. The molecule has 0 saturated heterocycles. The second-order valence-electron chi connectivity index (χ2n) is 4.19. The third kappa shape index (κ3) is 3.14. The van der Waals surface area contributed by atoms with Crippen molar-refractivity contribution in [1.29, 1.82) is 0 Å². The minimum atomic E-state index is 0.406. The molecule has 104 valence electrons. The summed E-state index contributed by atoms with van der Waals surface area (Å²) in [6.07, 6.45) is 1.70. The number of nitrogens with zero attached hydrogens (tertiary/aromatic N) is 1. The summed E-state index contributed by atoms with van der Waals surface area (Å²) in [6, 6.07) is 7.58. The highest BCUT2D eigenvalue weighted by molar-refractivity contribution is 7.98. The lowest BCUT2D eigenvalue weighted by atomic mass is 10.3. The van der Waals surface area contributed by atoms with E-state index in [4.69, 9.17) is 32.7 Å². The summed E-state index contributed by atoms with van der Waals surface area (Å²) in [5.74, 6) is 2.32. The zero-order chi connectivity index (χ0) is 13.9. The highest BCUT2D eigenvalue weighted by atomic mass is 35.5. The summed E-state index contributed by atoms with van der Waals surface area (Å²) < 4.78 is 11.1. The Labute approximate surface area is 131 Å².